The van der Waals surface area contributed by atoms with Gasteiger partial charge in [0.05, 0.1) is 0 Å². The van der Waals surface area contributed by atoms with Crippen LogP contribution < -0.4 is 28.7 Å². The van der Waals surface area contributed by atoms with Gasteiger partial charge < -0.3 is 33.8 Å². The number of guanidine groups is 2. The summed E-state index contributed by atoms with van der Waals surface area (Å²) in [6.07, 6.45) is 0.956. The fourth-order valence-corrected chi connectivity index (χ4v) is 0.643. The average Bonchev–Trinajstić information content (AvgIpc) is 2.10. The lowest BCUT2D eigenvalue weighted by Crippen LogP contribution is -2.30. The van der Waals surface area contributed by atoms with Crippen molar-refractivity contribution >= 4 is 17.9 Å². The molecule has 0 spiro atoms. The van der Waals surface area contributed by atoms with Gasteiger partial charge in [0.15, 0.2) is 11.9 Å². The molecule has 0 radical (unpaired) electrons. The molecule has 17 heavy (non-hydrogen) atoms. The molecular weight excluding hydrogens is 226 g/mol. The number of carboxylic acids is 1. The Labute approximate surface area is 101 Å². The van der Waals surface area contributed by atoms with E-state index in [-0.39, 0.29) is 19.3 Å². The van der Waals surface area contributed by atoms with Gasteiger partial charge >= 0.3 is 5.97 Å². The smallest absolute Gasteiger partial charge is 0.320 e. The third-order valence-electron chi connectivity index (χ3n) is 1.28. The van der Waals surface area contributed by atoms with E-state index in [0.717, 1.165) is 0 Å². The summed E-state index contributed by atoms with van der Waals surface area (Å²) in [4.78, 5) is 13.9. The second-order valence-electron chi connectivity index (χ2n) is 2.85. The molecule has 0 amide bonds. The molecule has 0 aromatic heterocycles. The zero-order valence-electron chi connectivity index (χ0n) is 8.89. The number of hydrogen-bond donors (Lipinski definition) is 7. The van der Waals surface area contributed by atoms with E-state index in [2.05, 4.69) is 16.5 Å². The second-order valence-corrected chi connectivity index (χ2v) is 2.85. The molecule has 0 aromatic rings. The lowest BCUT2D eigenvalue weighted by atomic mass is 10.2. The summed E-state index contributed by atoms with van der Waals surface area (Å²) in [6, 6.07) is -0.820. The number of carbonyl (C=O) groups is 1. The zero-order valence-corrected chi connectivity index (χ0v) is 8.89. The molecule has 0 saturated heterocycles. The molecule has 12 N–H and O–H groups in total. The quantitative estimate of drug-likeness (QED) is 0.164. The van der Waals surface area contributed by atoms with Gasteiger partial charge in [-0.3, -0.25) is 15.2 Å². The van der Waals surface area contributed by atoms with Gasteiger partial charge in [-0.05, 0) is 12.8 Å². The van der Waals surface area contributed by atoms with Crippen LogP contribution >= 0.6 is 0 Å². The Bertz CT molecular complexity index is 246. The number of nitrogens with zero attached hydrogens (tertiary/aromatic N) is 1. The number of carboxylic acid groups (broad SMARTS) is 1. The Morgan fingerprint density at radius 2 is 1.71 bits per heavy atom. The normalized spacial score (nSPS) is 9.94. The lowest BCUT2D eigenvalue weighted by molar-refractivity contribution is -0.138. The summed E-state index contributed by atoms with van der Waals surface area (Å²) in [6.45, 7) is 0.420. The van der Waals surface area contributed by atoms with Gasteiger partial charge in [-0.15, -0.1) is 0 Å². The number of aliphatic carboxylic acids is 1. The summed E-state index contributed by atoms with van der Waals surface area (Å²) in [5.41, 5.74) is 24.3. The van der Waals surface area contributed by atoms with E-state index in [1.165, 1.54) is 0 Å². The van der Waals surface area contributed by atoms with Crippen molar-refractivity contribution in [1.82, 2.24) is 0 Å². The summed E-state index contributed by atoms with van der Waals surface area (Å²) >= 11 is 0. The molecular formula is C8H23N7O2. The van der Waals surface area contributed by atoms with Crippen LogP contribution in [0.15, 0.2) is 4.99 Å². The number of nitrogens with two attached hydrogens (primary N) is 5. The Morgan fingerprint density at radius 1 is 1.29 bits per heavy atom. The maximum Gasteiger partial charge on any atom is 0.320 e. The van der Waals surface area contributed by atoms with E-state index >= 15 is 0 Å². The molecule has 9 heteroatoms. The fourth-order valence-electron chi connectivity index (χ4n) is 0.643. The highest BCUT2D eigenvalue weighted by atomic mass is 16.4. The van der Waals surface area contributed by atoms with Crippen molar-refractivity contribution in [2.75, 3.05) is 6.54 Å². The molecule has 102 valence electrons. The van der Waals surface area contributed by atoms with Crippen molar-refractivity contribution in [1.29, 1.82) is 5.41 Å². The molecule has 0 heterocycles. The van der Waals surface area contributed by atoms with Crippen molar-refractivity contribution in [3.05, 3.63) is 0 Å². The van der Waals surface area contributed by atoms with E-state index < -0.39 is 12.0 Å². The van der Waals surface area contributed by atoms with Crippen molar-refractivity contribution in [3.63, 3.8) is 0 Å². The van der Waals surface area contributed by atoms with Crippen LogP contribution in [0.2, 0.25) is 0 Å². The minimum atomic E-state index is -1.00. The Kier molecular flexibility index (Phi) is 14.4. The van der Waals surface area contributed by atoms with Gasteiger partial charge in [0.1, 0.15) is 6.04 Å². The van der Waals surface area contributed by atoms with Crippen molar-refractivity contribution in [3.8, 4) is 0 Å². The van der Waals surface area contributed by atoms with E-state index in [4.69, 9.17) is 27.7 Å². The molecule has 0 aromatic carbocycles. The summed E-state index contributed by atoms with van der Waals surface area (Å²) in [7, 11) is 0. The highest BCUT2D eigenvalue weighted by Gasteiger charge is 2.09. The number of rotatable bonds is 5. The molecule has 0 aliphatic heterocycles. The predicted molar refractivity (Wildman–Crippen MR) is 68.4 cm³/mol. The molecule has 0 fully saturated rings. The molecule has 9 nitrogen and oxygen atoms in total. The molecule has 0 saturated carbocycles. The highest BCUT2D eigenvalue weighted by molar-refractivity contribution is 5.75. The zero-order chi connectivity index (χ0) is 13.1. The minimum absolute atomic E-state index is 0. The van der Waals surface area contributed by atoms with Crippen molar-refractivity contribution in [2.24, 2.45) is 33.7 Å². The largest absolute Gasteiger partial charge is 0.480 e. The molecule has 1 unspecified atom stereocenters. The third-order valence-corrected chi connectivity index (χ3v) is 1.28. The highest BCUT2D eigenvalue weighted by Crippen LogP contribution is 1.94. The fraction of sp³-hybridized carbons (Fsp3) is 0.625. The van der Waals surface area contributed by atoms with Gasteiger partial charge in [-0.1, -0.05) is 7.43 Å². The predicted octanol–water partition coefficient (Wildman–Crippen LogP) is -2.07. The first-order valence-corrected chi connectivity index (χ1v) is 4.40. The minimum Gasteiger partial charge on any atom is -0.480 e. The van der Waals surface area contributed by atoms with Gasteiger partial charge in [0, 0.05) is 6.54 Å². The number of hydrogen-bond acceptors (Lipinski definition) is 4. The maximum atomic E-state index is 10.2. The van der Waals surface area contributed by atoms with Gasteiger partial charge in [0.2, 0.25) is 0 Å². The molecule has 1 atom stereocenters. The lowest BCUT2D eigenvalue weighted by Gasteiger charge is -2.03. The Hall–Kier alpha value is -2.03. The first kappa shape index (κ1) is 20.4. The summed E-state index contributed by atoms with van der Waals surface area (Å²) in [5.74, 6) is -1.32. The van der Waals surface area contributed by atoms with Crippen LogP contribution in [-0.2, 0) is 4.79 Å². The van der Waals surface area contributed by atoms with Gasteiger partial charge in [-0.2, -0.15) is 0 Å². The van der Waals surface area contributed by atoms with Crippen LogP contribution in [-0.4, -0.2) is 35.6 Å². The van der Waals surface area contributed by atoms with Crippen LogP contribution in [0, 0.1) is 5.41 Å². The van der Waals surface area contributed by atoms with E-state index in [1.807, 2.05) is 0 Å². The Balaban J connectivity index is -0.000000340. The van der Waals surface area contributed by atoms with Crippen LogP contribution in [0.5, 0.6) is 0 Å². The number of nitrogens with one attached hydrogen (secondary N) is 1. The first-order valence-electron chi connectivity index (χ1n) is 4.40. The van der Waals surface area contributed by atoms with E-state index in [9.17, 15) is 4.79 Å². The average molecular weight is 249 g/mol. The number of aliphatic imine (C=N–C) groups is 1. The second kappa shape index (κ2) is 12.0. The topological polar surface area (TPSA) is 204 Å². The maximum absolute atomic E-state index is 10.2. The van der Waals surface area contributed by atoms with E-state index in [0.29, 0.717) is 19.4 Å². The van der Waals surface area contributed by atoms with Crippen LogP contribution in [0.25, 0.3) is 0 Å². The third kappa shape index (κ3) is 24.9. The van der Waals surface area contributed by atoms with Crippen LogP contribution in [0.1, 0.15) is 20.3 Å². The SMILES string of the molecule is C.N=C(N)N.NC(N)=NCCCC(N)C(=O)O. The van der Waals surface area contributed by atoms with Gasteiger partial charge in [-0.25, -0.2) is 0 Å². The monoisotopic (exact) mass is 249 g/mol. The molecule has 0 aliphatic carbocycles. The Morgan fingerprint density at radius 3 is 2.00 bits per heavy atom. The molecule has 0 rings (SSSR count). The van der Waals surface area contributed by atoms with Crippen LogP contribution in [0.4, 0.5) is 0 Å². The summed E-state index contributed by atoms with van der Waals surface area (Å²) in [5, 5.41) is 14.4. The summed E-state index contributed by atoms with van der Waals surface area (Å²) < 4.78 is 0. The van der Waals surface area contributed by atoms with Crippen molar-refractivity contribution < 1.29 is 9.90 Å². The van der Waals surface area contributed by atoms with Crippen molar-refractivity contribution in [2.45, 2.75) is 26.3 Å². The molecule has 0 aliphatic rings. The van der Waals surface area contributed by atoms with Gasteiger partial charge in [0.25, 0.3) is 0 Å². The standard InChI is InChI=1S/C6H14N4O2.CH5N3.CH4/c7-4(5(11)12)2-1-3-10-6(8)9;2-1(3)4;/h4H,1-3,7H2,(H,11,12)(H4,8,9,10);(H5,2,3,4);1H4. The van der Waals surface area contributed by atoms with Crippen LogP contribution in [0.3, 0.4) is 0 Å². The van der Waals surface area contributed by atoms with E-state index in [1.54, 1.807) is 0 Å². The first-order chi connectivity index (χ1) is 7.27. The molecule has 0 bridgehead atoms.